The molecule has 2 aromatic rings. The summed E-state index contributed by atoms with van der Waals surface area (Å²) in [6.45, 7) is 0.498. The molecule has 0 bridgehead atoms. The van der Waals surface area contributed by atoms with Crippen LogP contribution in [0.1, 0.15) is 18.6 Å². The van der Waals surface area contributed by atoms with Crippen LogP contribution in [-0.2, 0) is 6.54 Å². The average Bonchev–Trinajstić information content (AvgIpc) is 3.14. The average molecular weight is 371 g/mol. The van der Waals surface area contributed by atoms with Crippen LogP contribution in [0.5, 0.6) is 0 Å². The summed E-state index contributed by atoms with van der Waals surface area (Å²) in [7, 11) is 2.00. The lowest BCUT2D eigenvalue weighted by molar-refractivity contribution is 0.483. The predicted octanol–water partition coefficient (Wildman–Crippen LogP) is 2.96. The molecule has 1 aromatic heterocycles. The highest BCUT2D eigenvalue weighted by atomic mass is 127. The van der Waals surface area contributed by atoms with E-state index < -0.39 is 0 Å². The Morgan fingerprint density at radius 1 is 1.42 bits per heavy atom. The van der Waals surface area contributed by atoms with Crippen molar-refractivity contribution in [1.29, 1.82) is 0 Å². The molecule has 1 aliphatic rings. The summed E-state index contributed by atoms with van der Waals surface area (Å²) in [5, 5.41) is 1.11. The lowest BCUT2D eigenvalue weighted by atomic mass is 10.2. The molecule has 0 amide bonds. The summed E-state index contributed by atoms with van der Waals surface area (Å²) < 4.78 is 5.69. The van der Waals surface area contributed by atoms with E-state index in [4.69, 9.17) is 10.2 Å². The van der Waals surface area contributed by atoms with Crippen molar-refractivity contribution in [2.75, 3.05) is 7.05 Å². The second-order valence-corrected chi connectivity index (χ2v) is 4.77. The standard InChI is InChI=1S/C14H17N3O.HI/c1-17(11-6-7-11)14(15)16-9-12-8-10-4-2-3-5-13(10)18-12;/h2-5,8,11H,6-7,9H2,1H3,(H2,15,16);1H. The van der Waals surface area contributed by atoms with Crippen LogP contribution in [0.15, 0.2) is 39.7 Å². The van der Waals surface area contributed by atoms with Crippen LogP contribution in [0.4, 0.5) is 0 Å². The number of hydrogen-bond donors (Lipinski definition) is 1. The SMILES string of the molecule is CN(C(N)=NCc1cc2ccccc2o1)C1CC1.I. The Hall–Kier alpha value is -1.24. The summed E-state index contributed by atoms with van der Waals surface area (Å²) in [4.78, 5) is 6.42. The molecular formula is C14H18IN3O. The van der Waals surface area contributed by atoms with E-state index in [0.717, 1.165) is 16.7 Å². The second kappa shape index (κ2) is 5.81. The molecule has 19 heavy (non-hydrogen) atoms. The number of hydrogen-bond acceptors (Lipinski definition) is 2. The molecular weight excluding hydrogens is 353 g/mol. The monoisotopic (exact) mass is 371 g/mol. The first kappa shape index (κ1) is 14.2. The third-order valence-corrected chi connectivity index (χ3v) is 3.33. The van der Waals surface area contributed by atoms with E-state index in [1.165, 1.54) is 12.8 Å². The van der Waals surface area contributed by atoms with Gasteiger partial charge in [0.15, 0.2) is 5.96 Å². The first-order valence-electron chi connectivity index (χ1n) is 6.24. The van der Waals surface area contributed by atoms with Crippen LogP contribution in [0.2, 0.25) is 0 Å². The highest BCUT2D eigenvalue weighted by Crippen LogP contribution is 2.25. The molecule has 1 aromatic carbocycles. The van der Waals surface area contributed by atoms with E-state index in [9.17, 15) is 0 Å². The van der Waals surface area contributed by atoms with E-state index in [-0.39, 0.29) is 24.0 Å². The quantitative estimate of drug-likeness (QED) is 0.513. The molecule has 0 atom stereocenters. The Labute approximate surface area is 129 Å². The predicted molar refractivity (Wildman–Crippen MR) is 87.7 cm³/mol. The number of benzene rings is 1. The number of halogens is 1. The first-order chi connectivity index (χ1) is 8.74. The minimum atomic E-state index is 0. The lowest BCUT2D eigenvalue weighted by Gasteiger charge is -2.16. The van der Waals surface area contributed by atoms with Crippen LogP contribution in [0.25, 0.3) is 11.0 Å². The summed E-state index contributed by atoms with van der Waals surface area (Å²) in [5.74, 6) is 1.45. The molecule has 0 radical (unpaired) electrons. The Morgan fingerprint density at radius 3 is 2.84 bits per heavy atom. The van der Waals surface area contributed by atoms with Crippen molar-refractivity contribution < 1.29 is 4.42 Å². The zero-order chi connectivity index (χ0) is 12.5. The maximum absolute atomic E-state index is 5.93. The fraction of sp³-hybridized carbons (Fsp3) is 0.357. The fourth-order valence-electron chi connectivity index (χ4n) is 2.03. The maximum atomic E-state index is 5.93. The first-order valence-corrected chi connectivity index (χ1v) is 6.24. The largest absolute Gasteiger partial charge is 0.459 e. The van der Waals surface area contributed by atoms with Crippen LogP contribution < -0.4 is 5.73 Å². The van der Waals surface area contributed by atoms with Gasteiger partial charge in [0.1, 0.15) is 17.9 Å². The van der Waals surface area contributed by atoms with Gasteiger partial charge in [-0.2, -0.15) is 0 Å². The molecule has 4 nitrogen and oxygen atoms in total. The number of guanidine groups is 1. The Morgan fingerprint density at radius 2 is 2.16 bits per heavy atom. The molecule has 1 saturated carbocycles. The number of para-hydroxylation sites is 1. The number of fused-ring (bicyclic) bond motifs is 1. The van der Waals surface area contributed by atoms with Crippen molar-refractivity contribution in [1.82, 2.24) is 4.90 Å². The van der Waals surface area contributed by atoms with E-state index in [1.807, 2.05) is 42.3 Å². The normalized spacial score (nSPS) is 15.3. The lowest BCUT2D eigenvalue weighted by Crippen LogP contribution is -2.35. The van der Waals surface area contributed by atoms with E-state index in [1.54, 1.807) is 0 Å². The zero-order valence-corrected chi connectivity index (χ0v) is 13.2. The molecule has 0 saturated heterocycles. The van der Waals surface area contributed by atoms with Gasteiger partial charge < -0.3 is 15.1 Å². The van der Waals surface area contributed by atoms with Crippen molar-refractivity contribution in [3.05, 3.63) is 36.1 Å². The maximum Gasteiger partial charge on any atom is 0.191 e. The van der Waals surface area contributed by atoms with Gasteiger partial charge in [-0.1, -0.05) is 18.2 Å². The number of furan rings is 1. The van der Waals surface area contributed by atoms with Gasteiger partial charge in [-0.3, -0.25) is 0 Å². The summed E-state index contributed by atoms with van der Waals surface area (Å²) in [5.41, 5.74) is 6.83. The van der Waals surface area contributed by atoms with Gasteiger partial charge in [0.2, 0.25) is 0 Å². The van der Waals surface area contributed by atoms with Crippen LogP contribution in [0.3, 0.4) is 0 Å². The molecule has 3 rings (SSSR count). The third-order valence-electron chi connectivity index (χ3n) is 3.33. The van der Waals surface area contributed by atoms with E-state index in [2.05, 4.69) is 4.99 Å². The van der Waals surface area contributed by atoms with Gasteiger partial charge in [-0.15, -0.1) is 24.0 Å². The van der Waals surface area contributed by atoms with E-state index in [0.29, 0.717) is 18.5 Å². The molecule has 0 aliphatic heterocycles. The smallest absolute Gasteiger partial charge is 0.191 e. The molecule has 1 fully saturated rings. The minimum absolute atomic E-state index is 0. The number of nitrogens with zero attached hydrogens (tertiary/aromatic N) is 2. The highest BCUT2D eigenvalue weighted by Gasteiger charge is 2.27. The van der Waals surface area contributed by atoms with Gasteiger partial charge in [-0.25, -0.2) is 4.99 Å². The minimum Gasteiger partial charge on any atom is -0.459 e. The second-order valence-electron chi connectivity index (χ2n) is 4.77. The van der Waals surface area contributed by atoms with Crippen molar-refractivity contribution in [3.63, 3.8) is 0 Å². The van der Waals surface area contributed by atoms with Gasteiger partial charge in [-0.05, 0) is 25.0 Å². The fourth-order valence-corrected chi connectivity index (χ4v) is 2.03. The Bertz CT molecular complexity index is 556. The summed E-state index contributed by atoms with van der Waals surface area (Å²) in [6, 6.07) is 10.6. The molecule has 1 heterocycles. The topological polar surface area (TPSA) is 54.8 Å². The number of aliphatic imine (C=N–C) groups is 1. The number of nitrogens with two attached hydrogens (primary N) is 1. The molecule has 0 spiro atoms. The van der Waals surface area contributed by atoms with Crippen LogP contribution in [0, 0.1) is 0 Å². The molecule has 1 aliphatic carbocycles. The molecule has 2 N–H and O–H groups in total. The van der Waals surface area contributed by atoms with Crippen molar-refractivity contribution in [2.45, 2.75) is 25.4 Å². The van der Waals surface area contributed by atoms with Gasteiger partial charge in [0.05, 0.1) is 0 Å². The van der Waals surface area contributed by atoms with Crippen molar-refractivity contribution in [2.24, 2.45) is 10.7 Å². The van der Waals surface area contributed by atoms with E-state index >= 15 is 0 Å². The summed E-state index contributed by atoms with van der Waals surface area (Å²) in [6.07, 6.45) is 2.44. The van der Waals surface area contributed by atoms with Crippen molar-refractivity contribution in [3.8, 4) is 0 Å². The van der Waals surface area contributed by atoms with Crippen molar-refractivity contribution >= 4 is 40.9 Å². The highest BCUT2D eigenvalue weighted by molar-refractivity contribution is 14.0. The van der Waals surface area contributed by atoms with Gasteiger partial charge in [0, 0.05) is 18.5 Å². The molecule has 0 unspecified atom stereocenters. The summed E-state index contributed by atoms with van der Waals surface area (Å²) >= 11 is 0. The van der Waals surface area contributed by atoms with Gasteiger partial charge in [0.25, 0.3) is 0 Å². The zero-order valence-electron chi connectivity index (χ0n) is 10.9. The Kier molecular flexibility index (Phi) is 4.34. The van der Waals surface area contributed by atoms with Gasteiger partial charge >= 0.3 is 0 Å². The molecule has 102 valence electrons. The van der Waals surface area contributed by atoms with Crippen LogP contribution >= 0.6 is 24.0 Å². The molecule has 5 heteroatoms. The Balaban J connectivity index is 0.00000133. The number of rotatable bonds is 3. The third kappa shape index (κ3) is 3.20. The van der Waals surface area contributed by atoms with Crippen LogP contribution in [-0.4, -0.2) is 23.9 Å².